The first kappa shape index (κ1) is 14.9. The lowest BCUT2D eigenvalue weighted by atomic mass is 10.0. The number of hydrogen-bond acceptors (Lipinski definition) is 2. The van der Waals surface area contributed by atoms with Crippen molar-refractivity contribution in [3.05, 3.63) is 0 Å². The van der Waals surface area contributed by atoms with E-state index in [1.54, 1.807) is 7.11 Å². The Labute approximate surface area is 95.8 Å². The largest absolute Gasteiger partial charge is 0.383 e. The molecule has 0 fully saturated rings. The second-order valence-electron chi connectivity index (χ2n) is 4.98. The second kappa shape index (κ2) is 9.17. The molecule has 0 aliphatic carbocycles. The molecule has 0 spiro atoms. The Hall–Kier alpha value is -0.0800. The van der Waals surface area contributed by atoms with Crippen LogP contribution in [0.5, 0.6) is 0 Å². The highest BCUT2D eigenvalue weighted by Crippen LogP contribution is 2.08. The molecule has 0 aliphatic heterocycles. The first-order valence-corrected chi connectivity index (χ1v) is 6.35. The molecule has 0 aliphatic rings. The summed E-state index contributed by atoms with van der Waals surface area (Å²) in [7, 11) is 1.78. The Balaban J connectivity index is 3.72. The molecule has 0 aromatic rings. The average molecular weight is 215 g/mol. The van der Waals surface area contributed by atoms with E-state index in [1.165, 1.54) is 25.7 Å². The Morgan fingerprint density at radius 1 is 1.07 bits per heavy atom. The molecular formula is C13H29NO. The van der Waals surface area contributed by atoms with E-state index in [1.807, 2.05) is 0 Å². The summed E-state index contributed by atoms with van der Waals surface area (Å²) in [5.41, 5.74) is 0. The number of methoxy groups -OCH3 is 1. The zero-order valence-electron chi connectivity index (χ0n) is 11.2. The first-order chi connectivity index (χ1) is 7.10. The average Bonchev–Trinajstić information content (AvgIpc) is 2.15. The van der Waals surface area contributed by atoms with Gasteiger partial charge in [0.2, 0.25) is 0 Å². The molecule has 1 N–H and O–H groups in total. The maximum absolute atomic E-state index is 5.22. The van der Waals surface area contributed by atoms with Gasteiger partial charge < -0.3 is 10.1 Å². The number of ether oxygens (including phenoxy) is 1. The van der Waals surface area contributed by atoms with Crippen molar-refractivity contribution in [3.63, 3.8) is 0 Å². The molecule has 92 valence electrons. The molecule has 0 rings (SSSR count). The Morgan fingerprint density at radius 2 is 1.73 bits per heavy atom. The van der Waals surface area contributed by atoms with Crippen molar-refractivity contribution in [2.75, 3.05) is 13.7 Å². The van der Waals surface area contributed by atoms with E-state index in [0.717, 1.165) is 12.5 Å². The van der Waals surface area contributed by atoms with Crippen LogP contribution in [0, 0.1) is 5.92 Å². The summed E-state index contributed by atoms with van der Waals surface area (Å²) in [6, 6.07) is 1.14. The highest BCUT2D eigenvalue weighted by Gasteiger charge is 2.11. The van der Waals surface area contributed by atoms with Crippen LogP contribution < -0.4 is 5.32 Å². The molecule has 2 unspecified atom stereocenters. The molecule has 0 saturated carbocycles. The first-order valence-electron chi connectivity index (χ1n) is 6.35. The lowest BCUT2D eigenvalue weighted by Crippen LogP contribution is -2.39. The molecular weight excluding hydrogens is 186 g/mol. The minimum Gasteiger partial charge on any atom is -0.383 e. The van der Waals surface area contributed by atoms with E-state index in [-0.39, 0.29) is 0 Å². The summed E-state index contributed by atoms with van der Waals surface area (Å²) in [6.07, 6.45) is 5.00. The Kier molecular flexibility index (Phi) is 9.12. The monoisotopic (exact) mass is 215 g/mol. The summed E-state index contributed by atoms with van der Waals surface area (Å²) in [5, 5.41) is 3.65. The lowest BCUT2D eigenvalue weighted by Gasteiger charge is -2.23. The standard InChI is InChI=1S/C13H29NO/c1-6-7-13(10-15-5)14-12(4)9-8-11(2)3/h11-14H,6-10H2,1-5H3. The van der Waals surface area contributed by atoms with Gasteiger partial charge in [0.25, 0.3) is 0 Å². The van der Waals surface area contributed by atoms with Gasteiger partial charge in [0.1, 0.15) is 0 Å². The topological polar surface area (TPSA) is 21.3 Å². The molecule has 2 heteroatoms. The van der Waals surface area contributed by atoms with E-state index < -0.39 is 0 Å². The van der Waals surface area contributed by atoms with Crippen molar-refractivity contribution in [2.24, 2.45) is 5.92 Å². The van der Waals surface area contributed by atoms with Crippen LogP contribution in [-0.4, -0.2) is 25.8 Å². The van der Waals surface area contributed by atoms with Crippen molar-refractivity contribution >= 4 is 0 Å². The summed E-state index contributed by atoms with van der Waals surface area (Å²) in [4.78, 5) is 0. The van der Waals surface area contributed by atoms with Crippen LogP contribution in [-0.2, 0) is 4.74 Å². The Morgan fingerprint density at radius 3 is 2.20 bits per heavy atom. The van der Waals surface area contributed by atoms with Crippen LogP contribution >= 0.6 is 0 Å². The molecule has 2 atom stereocenters. The van der Waals surface area contributed by atoms with E-state index in [4.69, 9.17) is 4.74 Å². The molecule has 0 aromatic carbocycles. The maximum atomic E-state index is 5.22. The second-order valence-corrected chi connectivity index (χ2v) is 4.98. The fraction of sp³-hybridized carbons (Fsp3) is 1.00. The van der Waals surface area contributed by atoms with Crippen LogP contribution in [0.3, 0.4) is 0 Å². The van der Waals surface area contributed by atoms with Gasteiger partial charge in [-0.05, 0) is 32.1 Å². The molecule has 0 radical (unpaired) electrons. The zero-order valence-corrected chi connectivity index (χ0v) is 11.2. The van der Waals surface area contributed by atoms with Gasteiger partial charge >= 0.3 is 0 Å². The fourth-order valence-electron chi connectivity index (χ4n) is 1.83. The highest BCUT2D eigenvalue weighted by atomic mass is 16.5. The summed E-state index contributed by atoms with van der Waals surface area (Å²) in [5.74, 6) is 0.807. The van der Waals surface area contributed by atoms with Crippen LogP contribution in [0.15, 0.2) is 0 Å². The van der Waals surface area contributed by atoms with Gasteiger partial charge in [-0.3, -0.25) is 0 Å². The van der Waals surface area contributed by atoms with Crippen LogP contribution in [0.2, 0.25) is 0 Å². The van der Waals surface area contributed by atoms with Crippen molar-refractivity contribution < 1.29 is 4.74 Å². The molecule has 0 saturated heterocycles. The predicted molar refractivity (Wildman–Crippen MR) is 67.2 cm³/mol. The molecule has 0 amide bonds. The normalized spacial score (nSPS) is 15.6. The Bertz CT molecular complexity index is 130. The highest BCUT2D eigenvalue weighted by molar-refractivity contribution is 4.71. The van der Waals surface area contributed by atoms with Gasteiger partial charge in [-0.15, -0.1) is 0 Å². The minimum absolute atomic E-state index is 0.530. The third kappa shape index (κ3) is 8.88. The van der Waals surface area contributed by atoms with Crippen LogP contribution in [0.1, 0.15) is 53.4 Å². The lowest BCUT2D eigenvalue weighted by molar-refractivity contribution is 0.155. The smallest absolute Gasteiger partial charge is 0.0615 e. The van der Waals surface area contributed by atoms with Gasteiger partial charge in [0.15, 0.2) is 0 Å². The SMILES string of the molecule is CCCC(COC)NC(C)CCC(C)C. The van der Waals surface area contributed by atoms with Crippen molar-refractivity contribution in [1.82, 2.24) is 5.32 Å². The van der Waals surface area contributed by atoms with Crippen molar-refractivity contribution in [3.8, 4) is 0 Å². The third-order valence-electron chi connectivity index (χ3n) is 2.70. The van der Waals surface area contributed by atoms with E-state index in [2.05, 4.69) is 33.0 Å². The number of rotatable bonds is 9. The van der Waals surface area contributed by atoms with Gasteiger partial charge in [0, 0.05) is 19.2 Å². The van der Waals surface area contributed by atoms with Crippen LogP contribution in [0.4, 0.5) is 0 Å². The maximum Gasteiger partial charge on any atom is 0.0615 e. The molecule has 0 bridgehead atoms. The van der Waals surface area contributed by atoms with Gasteiger partial charge in [-0.1, -0.05) is 27.2 Å². The quantitative estimate of drug-likeness (QED) is 0.637. The van der Waals surface area contributed by atoms with E-state index in [0.29, 0.717) is 12.1 Å². The van der Waals surface area contributed by atoms with Gasteiger partial charge in [-0.2, -0.15) is 0 Å². The van der Waals surface area contributed by atoms with Crippen LogP contribution in [0.25, 0.3) is 0 Å². The fourth-order valence-corrected chi connectivity index (χ4v) is 1.83. The minimum atomic E-state index is 0.530. The number of hydrogen-bond donors (Lipinski definition) is 1. The van der Waals surface area contributed by atoms with E-state index in [9.17, 15) is 0 Å². The van der Waals surface area contributed by atoms with Crippen molar-refractivity contribution in [2.45, 2.75) is 65.5 Å². The third-order valence-corrected chi connectivity index (χ3v) is 2.70. The molecule has 0 heterocycles. The molecule has 0 aromatic heterocycles. The predicted octanol–water partition coefficient (Wildman–Crippen LogP) is 3.22. The van der Waals surface area contributed by atoms with Gasteiger partial charge in [0.05, 0.1) is 6.61 Å². The van der Waals surface area contributed by atoms with E-state index >= 15 is 0 Å². The zero-order chi connectivity index (χ0) is 11.7. The summed E-state index contributed by atoms with van der Waals surface area (Å²) in [6.45, 7) is 9.90. The summed E-state index contributed by atoms with van der Waals surface area (Å²) >= 11 is 0. The number of nitrogens with one attached hydrogen (secondary N) is 1. The van der Waals surface area contributed by atoms with Gasteiger partial charge in [-0.25, -0.2) is 0 Å². The molecule has 15 heavy (non-hydrogen) atoms. The van der Waals surface area contributed by atoms with Crippen molar-refractivity contribution in [1.29, 1.82) is 0 Å². The molecule has 2 nitrogen and oxygen atoms in total. The summed E-state index contributed by atoms with van der Waals surface area (Å²) < 4.78 is 5.22.